The van der Waals surface area contributed by atoms with Gasteiger partial charge in [-0.25, -0.2) is 0 Å². The first-order chi connectivity index (χ1) is 7.16. The summed E-state index contributed by atoms with van der Waals surface area (Å²) in [6.07, 6.45) is 0.316. The zero-order valence-corrected chi connectivity index (χ0v) is 11.5. The Kier molecular flexibility index (Phi) is 3.61. The number of rotatable bonds is 3. The van der Waals surface area contributed by atoms with Crippen molar-refractivity contribution in [3.63, 3.8) is 0 Å². The Bertz CT molecular complexity index is 447. The van der Waals surface area contributed by atoms with Crippen molar-refractivity contribution in [1.82, 2.24) is 0 Å². The fourth-order valence-corrected chi connectivity index (χ4v) is 3.80. The maximum absolute atomic E-state index is 10.0. The van der Waals surface area contributed by atoms with Gasteiger partial charge in [-0.1, -0.05) is 0 Å². The molecular weight excluding hydrogens is 292 g/mol. The zero-order chi connectivity index (χ0) is 10.8. The Hall–Kier alpha value is -0.160. The van der Waals surface area contributed by atoms with Crippen LogP contribution in [-0.2, 0) is 6.42 Å². The molecule has 0 radical (unpaired) electrons. The van der Waals surface area contributed by atoms with Crippen molar-refractivity contribution in [2.45, 2.75) is 19.4 Å². The van der Waals surface area contributed by atoms with Crippen LogP contribution < -0.4 is 0 Å². The zero-order valence-electron chi connectivity index (χ0n) is 8.24. The molecular formula is C11H11BrOS2. The van der Waals surface area contributed by atoms with E-state index in [2.05, 4.69) is 22.9 Å². The first-order valence-electron chi connectivity index (χ1n) is 4.63. The van der Waals surface area contributed by atoms with Crippen molar-refractivity contribution < 1.29 is 5.11 Å². The number of halogens is 1. The summed E-state index contributed by atoms with van der Waals surface area (Å²) >= 11 is 6.82. The van der Waals surface area contributed by atoms with E-state index in [1.165, 1.54) is 9.75 Å². The summed E-state index contributed by atoms with van der Waals surface area (Å²) in [7, 11) is 0. The molecule has 0 aliphatic rings. The van der Waals surface area contributed by atoms with Gasteiger partial charge in [-0.05, 0) is 46.4 Å². The molecule has 1 atom stereocenters. The minimum atomic E-state index is -0.376. The predicted octanol–water partition coefficient (Wildman–Crippen LogP) is 4.16. The van der Waals surface area contributed by atoms with Gasteiger partial charge in [-0.3, -0.25) is 0 Å². The van der Waals surface area contributed by atoms with E-state index in [0.717, 1.165) is 9.35 Å². The predicted molar refractivity (Wildman–Crippen MR) is 69.7 cm³/mol. The topological polar surface area (TPSA) is 20.2 Å². The normalized spacial score (nSPS) is 13.0. The molecule has 0 aromatic carbocycles. The van der Waals surface area contributed by atoms with Gasteiger partial charge in [0.2, 0.25) is 0 Å². The third-order valence-corrected chi connectivity index (χ3v) is 5.21. The van der Waals surface area contributed by atoms with Crippen molar-refractivity contribution in [3.8, 4) is 0 Å². The average Bonchev–Trinajstić information content (AvgIpc) is 2.77. The molecule has 0 saturated heterocycles. The summed E-state index contributed by atoms with van der Waals surface area (Å²) in [5.74, 6) is 0. The molecule has 0 aliphatic carbocycles. The molecule has 0 amide bonds. The molecule has 1 unspecified atom stereocenters. The number of aliphatic hydroxyl groups excluding tert-OH is 1. The molecule has 0 bridgehead atoms. The third-order valence-electron chi connectivity index (χ3n) is 2.16. The van der Waals surface area contributed by atoms with Crippen molar-refractivity contribution >= 4 is 38.6 Å². The maximum Gasteiger partial charge on any atom is 0.0930 e. The van der Waals surface area contributed by atoms with Crippen LogP contribution in [0.5, 0.6) is 0 Å². The second kappa shape index (κ2) is 4.78. The first kappa shape index (κ1) is 11.3. The highest BCUT2D eigenvalue weighted by molar-refractivity contribution is 9.10. The van der Waals surface area contributed by atoms with Crippen molar-refractivity contribution in [2.75, 3.05) is 0 Å². The Morgan fingerprint density at radius 3 is 2.73 bits per heavy atom. The van der Waals surface area contributed by atoms with Gasteiger partial charge in [0, 0.05) is 25.5 Å². The largest absolute Gasteiger partial charge is 0.387 e. The highest BCUT2D eigenvalue weighted by atomic mass is 79.9. The lowest BCUT2D eigenvalue weighted by Crippen LogP contribution is -1.97. The van der Waals surface area contributed by atoms with Crippen LogP contribution in [0.1, 0.15) is 20.7 Å². The van der Waals surface area contributed by atoms with Gasteiger partial charge in [0.15, 0.2) is 0 Å². The van der Waals surface area contributed by atoms with Crippen LogP contribution in [0.4, 0.5) is 0 Å². The number of thiophene rings is 2. The summed E-state index contributed by atoms with van der Waals surface area (Å²) in [5.41, 5.74) is 0. The first-order valence-corrected chi connectivity index (χ1v) is 7.12. The molecule has 2 heterocycles. The molecule has 0 aliphatic heterocycles. The highest BCUT2D eigenvalue weighted by Gasteiger charge is 2.13. The van der Waals surface area contributed by atoms with Crippen LogP contribution >= 0.6 is 38.6 Å². The van der Waals surface area contributed by atoms with Gasteiger partial charge in [-0.2, -0.15) is 0 Å². The van der Waals surface area contributed by atoms with Crippen LogP contribution in [0.3, 0.4) is 0 Å². The third kappa shape index (κ3) is 2.69. The van der Waals surface area contributed by atoms with Crippen LogP contribution in [0.25, 0.3) is 0 Å². The molecule has 0 spiro atoms. The minimum absolute atomic E-state index is 0.376. The molecule has 2 rings (SSSR count). The lowest BCUT2D eigenvalue weighted by atomic mass is 10.2. The summed E-state index contributed by atoms with van der Waals surface area (Å²) in [4.78, 5) is 3.50. The Morgan fingerprint density at radius 2 is 2.20 bits per heavy atom. The minimum Gasteiger partial charge on any atom is -0.387 e. The van der Waals surface area contributed by atoms with Gasteiger partial charge in [0.1, 0.15) is 0 Å². The number of aliphatic hydroxyl groups is 1. The van der Waals surface area contributed by atoms with E-state index < -0.39 is 0 Å². The van der Waals surface area contributed by atoms with Gasteiger partial charge in [0.25, 0.3) is 0 Å². The molecule has 15 heavy (non-hydrogen) atoms. The fraction of sp³-hybridized carbons (Fsp3) is 0.273. The molecule has 80 valence electrons. The van der Waals surface area contributed by atoms with E-state index in [0.29, 0.717) is 6.42 Å². The van der Waals surface area contributed by atoms with E-state index in [1.807, 2.05) is 23.6 Å². The SMILES string of the molecule is Cc1ccc(C(O)Cc2sccc2Br)s1. The molecule has 2 aromatic rings. The molecule has 0 fully saturated rings. The van der Waals surface area contributed by atoms with Crippen LogP contribution in [0.2, 0.25) is 0 Å². The number of aryl methyl sites for hydroxylation is 1. The Balaban J connectivity index is 2.10. The van der Waals surface area contributed by atoms with E-state index >= 15 is 0 Å². The molecule has 2 aromatic heterocycles. The van der Waals surface area contributed by atoms with Crippen molar-refractivity contribution in [1.29, 1.82) is 0 Å². The molecule has 1 N–H and O–H groups in total. The van der Waals surface area contributed by atoms with E-state index in [9.17, 15) is 5.11 Å². The summed E-state index contributed by atoms with van der Waals surface area (Å²) in [6, 6.07) is 6.07. The molecule has 0 saturated carbocycles. The average molecular weight is 303 g/mol. The monoisotopic (exact) mass is 302 g/mol. The van der Waals surface area contributed by atoms with E-state index in [4.69, 9.17) is 0 Å². The second-order valence-electron chi connectivity index (χ2n) is 3.36. The van der Waals surface area contributed by atoms with Gasteiger partial charge < -0.3 is 5.11 Å². The van der Waals surface area contributed by atoms with Crippen molar-refractivity contribution in [3.05, 3.63) is 42.7 Å². The van der Waals surface area contributed by atoms with Crippen LogP contribution in [0.15, 0.2) is 28.1 Å². The smallest absolute Gasteiger partial charge is 0.0930 e. The Labute approximate surface area is 106 Å². The summed E-state index contributed by atoms with van der Waals surface area (Å²) in [5, 5.41) is 12.1. The maximum atomic E-state index is 10.0. The lowest BCUT2D eigenvalue weighted by molar-refractivity contribution is 0.183. The lowest BCUT2D eigenvalue weighted by Gasteiger charge is -2.06. The van der Waals surface area contributed by atoms with Gasteiger partial charge >= 0.3 is 0 Å². The van der Waals surface area contributed by atoms with E-state index in [1.54, 1.807) is 22.7 Å². The quantitative estimate of drug-likeness (QED) is 0.903. The molecule has 4 heteroatoms. The Morgan fingerprint density at radius 1 is 1.40 bits per heavy atom. The fourth-order valence-electron chi connectivity index (χ4n) is 1.38. The summed E-state index contributed by atoms with van der Waals surface area (Å²) < 4.78 is 1.10. The van der Waals surface area contributed by atoms with Gasteiger partial charge in [0.05, 0.1) is 6.10 Å². The van der Waals surface area contributed by atoms with Gasteiger partial charge in [-0.15, -0.1) is 22.7 Å². The van der Waals surface area contributed by atoms with Crippen molar-refractivity contribution in [2.24, 2.45) is 0 Å². The molecule has 1 nitrogen and oxygen atoms in total. The summed E-state index contributed by atoms with van der Waals surface area (Å²) in [6.45, 7) is 2.06. The second-order valence-corrected chi connectivity index (χ2v) is 6.53. The van der Waals surface area contributed by atoms with E-state index in [-0.39, 0.29) is 6.10 Å². The highest BCUT2D eigenvalue weighted by Crippen LogP contribution is 2.30. The number of hydrogen-bond donors (Lipinski definition) is 1. The number of hydrogen-bond acceptors (Lipinski definition) is 3. The van der Waals surface area contributed by atoms with Crippen LogP contribution in [0, 0.1) is 6.92 Å². The van der Waals surface area contributed by atoms with Crippen LogP contribution in [-0.4, -0.2) is 5.11 Å². The standard InChI is InChI=1S/C11H11BrOS2/c1-7-2-3-10(15-7)9(13)6-11-8(12)4-5-14-11/h2-5,9,13H,6H2,1H3.